The van der Waals surface area contributed by atoms with Gasteiger partial charge in [0.05, 0.1) is 30.0 Å². The van der Waals surface area contributed by atoms with Crippen LogP contribution >= 0.6 is 34.5 Å². The molecule has 39 heavy (non-hydrogen) atoms. The van der Waals surface area contributed by atoms with Gasteiger partial charge in [0.25, 0.3) is 5.91 Å². The largest absolute Gasteiger partial charge is 0.492 e. The predicted molar refractivity (Wildman–Crippen MR) is 152 cm³/mol. The van der Waals surface area contributed by atoms with Crippen LogP contribution in [0.1, 0.15) is 21.5 Å². The number of thiazole rings is 1. The molecule has 0 atom stereocenters. The van der Waals surface area contributed by atoms with Gasteiger partial charge in [-0.05, 0) is 35.9 Å². The predicted octanol–water partition coefficient (Wildman–Crippen LogP) is 7.03. The molecule has 0 aliphatic carbocycles. The van der Waals surface area contributed by atoms with Crippen molar-refractivity contribution in [2.75, 3.05) is 19.5 Å². The quantitative estimate of drug-likeness (QED) is 0.152. The van der Waals surface area contributed by atoms with E-state index in [4.69, 9.17) is 42.5 Å². The second-order valence-corrected chi connectivity index (χ2v) is 9.65. The third-order valence-corrected chi connectivity index (χ3v) is 6.85. The number of para-hydroxylation sites is 1. The van der Waals surface area contributed by atoms with Crippen molar-refractivity contribution in [3.8, 4) is 22.8 Å². The first-order chi connectivity index (χ1) is 18.8. The van der Waals surface area contributed by atoms with Gasteiger partial charge in [-0.2, -0.15) is 0 Å². The molecule has 0 fully saturated rings. The summed E-state index contributed by atoms with van der Waals surface area (Å²) in [6, 6.07) is 18.1. The van der Waals surface area contributed by atoms with E-state index in [0.29, 0.717) is 34.5 Å². The average molecular weight is 585 g/mol. The van der Waals surface area contributed by atoms with Crippen LogP contribution in [0.25, 0.3) is 17.3 Å². The molecule has 0 unspecified atom stereocenters. The van der Waals surface area contributed by atoms with E-state index < -0.39 is 11.9 Å². The minimum atomic E-state index is -1.28. The number of carbonyl (C=O) groups is 2. The summed E-state index contributed by atoms with van der Waals surface area (Å²) < 4.78 is 16.5. The van der Waals surface area contributed by atoms with Crippen LogP contribution in [0.4, 0.5) is 5.13 Å². The second kappa shape index (κ2) is 12.7. The summed E-state index contributed by atoms with van der Waals surface area (Å²) in [5.41, 5.74) is 2.70. The molecule has 1 aromatic heterocycles. The number of nitrogens with one attached hydrogen (secondary N) is 1. The van der Waals surface area contributed by atoms with Gasteiger partial charge >= 0.3 is 5.97 Å². The molecule has 0 bridgehead atoms. The standard InChI is InChI=1S/C28H22Cl2N2O6S/c1-36-24(27(34)35)13-19-20(29)11-17(12-21(19)30)26(33)32-28-31-22(15-39-28)18-9-6-10-23(25(18)37-2)38-14-16-7-4-3-5-8-16/h3-13,15H,14H2,1-2H3,(H,34,35)(H,31,32,33)/b24-13-. The summed E-state index contributed by atoms with van der Waals surface area (Å²) in [7, 11) is 2.77. The van der Waals surface area contributed by atoms with Crippen LogP contribution in [0.3, 0.4) is 0 Å². The molecule has 2 N–H and O–H groups in total. The van der Waals surface area contributed by atoms with Gasteiger partial charge in [0, 0.05) is 22.1 Å². The average Bonchev–Trinajstić information content (AvgIpc) is 3.39. The number of carboxylic acids is 1. The topological polar surface area (TPSA) is 107 Å². The first-order valence-electron chi connectivity index (χ1n) is 11.4. The number of hydrogen-bond donors (Lipinski definition) is 2. The molecule has 1 heterocycles. The molecule has 3 aromatic carbocycles. The molecule has 1 amide bonds. The van der Waals surface area contributed by atoms with Gasteiger partial charge in [0.15, 0.2) is 16.6 Å². The summed E-state index contributed by atoms with van der Waals surface area (Å²) in [6.45, 7) is 0.377. The molecule has 8 nitrogen and oxygen atoms in total. The van der Waals surface area contributed by atoms with E-state index >= 15 is 0 Å². The van der Waals surface area contributed by atoms with E-state index in [0.717, 1.165) is 5.56 Å². The Morgan fingerprint density at radius 1 is 1.05 bits per heavy atom. The SMILES string of the molecule is CO/C(=C\c1c(Cl)cc(C(=O)Nc2nc(-c3cccc(OCc4ccccc4)c3OC)cs2)cc1Cl)C(=O)O. The zero-order chi connectivity index (χ0) is 27.9. The highest BCUT2D eigenvalue weighted by atomic mass is 35.5. The Hall–Kier alpha value is -4.05. The highest BCUT2D eigenvalue weighted by Crippen LogP contribution is 2.39. The lowest BCUT2D eigenvalue weighted by atomic mass is 10.1. The zero-order valence-corrected chi connectivity index (χ0v) is 23.1. The lowest BCUT2D eigenvalue weighted by molar-refractivity contribution is -0.135. The maximum Gasteiger partial charge on any atom is 0.371 e. The molecule has 0 saturated carbocycles. The number of carbonyl (C=O) groups excluding carboxylic acids is 1. The highest BCUT2D eigenvalue weighted by molar-refractivity contribution is 7.14. The van der Waals surface area contributed by atoms with E-state index in [1.165, 1.54) is 36.7 Å². The molecule has 0 saturated heterocycles. The molecule has 0 radical (unpaired) electrons. The Labute approximate surface area is 238 Å². The lowest BCUT2D eigenvalue weighted by Gasteiger charge is -2.13. The molecule has 0 aliphatic heterocycles. The number of hydrogen-bond acceptors (Lipinski definition) is 7. The van der Waals surface area contributed by atoms with E-state index in [1.54, 1.807) is 12.5 Å². The molecular weight excluding hydrogens is 563 g/mol. The lowest BCUT2D eigenvalue weighted by Crippen LogP contribution is -2.12. The molecule has 4 rings (SSSR count). The summed E-state index contributed by atoms with van der Waals surface area (Å²) in [5, 5.41) is 14.2. The van der Waals surface area contributed by atoms with Crippen LogP contribution in [0.15, 0.2) is 71.8 Å². The van der Waals surface area contributed by atoms with Gasteiger partial charge in [-0.3, -0.25) is 10.1 Å². The molecular formula is C28H22Cl2N2O6S. The van der Waals surface area contributed by atoms with Crippen molar-refractivity contribution < 1.29 is 28.9 Å². The van der Waals surface area contributed by atoms with Crippen molar-refractivity contribution in [2.24, 2.45) is 0 Å². The van der Waals surface area contributed by atoms with E-state index in [-0.39, 0.29) is 26.9 Å². The van der Waals surface area contributed by atoms with Crippen LogP contribution in [-0.4, -0.2) is 36.2 Å². The normalized spacial score (nSPS) is 11.1. The van der Waals surface area contributed by atoms with Crippen LogP contribution in [-0.2, 0) is 16.1 Å². The summed E-state index contributed by atoms with van der Waals surface area (Å²) in [6.07, 6.45) is 1.19. The number of ether oxygens (including phenoxy) is 3. The Balaban J connectivity index is 1.52. The van der Waals surface area contributed by atoms with Crippen LogP contribution in [0.2, 0.25) is 10.0 Å². The van der Waals surface area contributed by atoms with Crippen LogP contribution in [0.5, 0.6) is 11.5 Å². The first-order valence-corrected chi connectivity index (χ1v) is 13.0. The number of benzene rings is 3. The minimum Gasteiger partial charge on any atom is -0.492 e. The Morgan fingerprint density at radius 3 is 2.41 bits per heavy atom. The monoisotopic (exact) mass is 584 g/mol. The Morgan fingerprint density at radius 2 is 1.77 bits per heavy atom. The van der Waals surface area contributed by atoms with Crippen LogP contribution < -0.4 is 14.8 Å². The molecule has 0 aliphatic rings. The van der Waals surface area contributed by atoms with Crippen LogP contribution in [0, 0.1) is 0 Å². The number of methoxy groups -OCH3 is 2. The molecule has 200 valence electrons. The number of halogens is 2. The molecule has 0 spiro atoms. The number of carboxylic acid groups (broad SMARTS) is 1. The maximum atomic E-state index is 12.9. The number of anilines is 1. The van der Waals surface area contributed by atoms with E-state index in [2.05, 4.69) is 10.3 Å². The summed E-state index contributed by atoms with van der Waals surface area (Å²) in [5.74, 6) is -1.04. The van der Waals surface area contributed by atoms with Gasteiger partial charge < -0.3 is 19.3 Å². The molecule has 4 aromatic rings. The first kappa shape index (κ1) is 28.0. The number of amides is 1. The molecule has 11 heteroatoms. The Kier molecular flexibility index (Phi) is 9.08. The van der Waals surface area contributed by atoms with Crippen molar-refractivity contribution in [1.82, 2.24) is 4.98 Å². The highest BCUT2D eigenvalue weighted by Gasteiger charge is 2.18. The van der Waals surface area contributed by atoms with Crippen molar-refractivity contribution in [1.29, 1.82) is 0 Å². The third-order valence-electron chi connectivity index (χ3n) is 5.47. The summed E-state index contributed by atoms with van der Waals surface area (Å²) >= 11 is 13.8. The number of nitrogens with zero attached hydrogens (tertiary/aromatic N) is 1. The fourth-order valence-electron chi connectivity index (χ4n) is 3.59. The van der Waals surface area contributed by atoms with E-state index in [1.807, 2.05) is 48.5 Å². The fourth-order valence-corrected chi connectivity index (χ4v) is 4.90. The van der Waals surface area contributed by atoms with Crippen molar-refractivity contribution in [2.45, 2.75) is 6.61 Å². The van der Waals surface area contributed by atoms with Crippen molar-refractivity contribution in [3.05, 3.63) is 98.5 Å². The number of aromatic nitrogens is 1. The van der Waals surface area contributed by atoms with Gasteiger partial charge in [-0.25, -0.2) is 9.78 Å². The smallest absolute Gasteiger partial charge is 0.371 e. The van der Waals surface area contributed by atoms with E-state index in [9.17, 15) is 9.59 Å². The Bertz CT molecular complexity index is 1520. The van der Waals surface area contributed by atoms with Gasteiger partial charge in [-0.15, -0.1) is 11.3 Å². The number of rotatable bonds is 10. The second-order valence-electron chi connectivity index (χ2n) is 7.97. The van der Waals surface area contributed by atoms with Gasteiger partial charge in [0.1, 0.15) is 6.61 Å². The summed E-state index contributed by atoms with van der Waals surface area (Å²) in [4.78, 5) is 28.7. The minimum absolute atomic E-state index is 0.0836. The van der Waals surface area contributed by atoms with Gasteiger partial charge in [-0.1, -0.05) is 59.6 Å². The zero-order valence-electron chi connectivity index (χ0n) is 20.7. The maximum absolute atomic E-state index is 12.9. The van der Waals surface area contributed by atoms with Crippen molar-refractivity contribution in [3.63, 3.8) is 0 Å². The third kappa shape index (κ3) is 6.69. The van der Waals surface area contributed by atoms with Crippen molar-refractivity contribution >= 4 is 57.6 Å². The van der Waals surface area contributed by atoms with Gasteiger partial charge in [0.2, 0.25) is 5.76 Å². The number of aliphatic carboxylic acids is 1. The fraction of sp³-hybridized carbons (Fsp3) is 0.107.